The lowest BCUT2D eigenvalue weighted by Crippen LogP contribution is -2.38. The molecule has 2 aromatic heterocycles. The number of aromatic nitrogens is 2. The van der Waals surface area contributed by atoms with Gasteiger partial charge >= 0.3 is 0 Å². The topological polar surface area (TPSA) is 110 Å². The number of carbonyl (C=O) groups excluding carboxylic acids is 1. The second-order valence-electron chi connectivity index (χ2n) is 7.15. The summed E-state index contributed by atoms with van der Waals surface area (Å²) in [5.41, 5.74) is 1.05. The maximum absolute atomic E-state index is 12.8. The third-order valence-electron chi connectivity index (χ3n) is 5.27. The molecular formula is C21H21N5O4S. The summed E-state index contributed by atoms with van der Waals surface area (Å²) in [6, 6.07) is 12.0. The summed E-state index contributed by atoms with van der Waals surface area (Å²) in [5, 5.41) is 24.5. The van der Waals surface area contributed by atoms with Crippen molar-refractivity contribution in [3.8, 4) is 16.3 Å². The minimum atomic E-state index is -0.502. The number of amides is 1. The predicted molar refractivity (Wildman–Crippen MR) is 119 cm³/mol. The van der Waals surface area contributed by atoms with E-state index in [0.29, 0.717) is 37.4 Å². The van der Waals surface area contributed by atoms with Gasteiger partial charge in [-0.1, -0.05) is 6.07 Å². The first kappa shape index (κ1) is 20.7. The third-order valence-corrected chi connectivity index (χ3v) is 6.16. The SMILES string of the molecule is COc1ccc([N+](=O)[O-])cc1NC(=O)C1CCN(c2ccc(-c3cccs3)nn2)CC1. The summed E-state index contributed by atoms with van der Waals surface area (Å²) in [7, 11) is 1.46. The highest BCUT2D eigenvalue weighted by Gasteiger charge is 2.27. The van der Waals surface area contributed by atoms with Crippen molar-refractivity contribution in [1.29, 1.82) is 0 Å². The number of hydrogen-bond donors (Lipinski definition) is 1. The monoisotopic (exact) mass is 439 g/mol. The zero-order valence-corrected chi connectivity index (χ0v) is 17.7. The van der Waals surface area contributed by atoms with Gasteiger partial charge < -0.3 is 15.0 Å². The standard InChI is InChI=1S/C21H21N5O4S/c1-30-18-6-4-15(26(28)29)13-17(18)22-21(27)14-8-10-25(11-9-14)20-7-5-16(23-24-20)19-3-2-12-31-19/h2-7,12-14H,8-11H2,1H3,(H,22,27). The van der Waals surface area contributed by atoms with Gasteiger partial charge in [-0.3, -0.25) is 14.9 Å². The van der Waals surface area contributed by atoms with Crippen molar-refractivity contribution < 1.29 is 14.5 Å². The van der Waals surface area contributed by atoms with Gasteiger partial charge in [0.2, 0.25) is 5.91 Å². The molecule has 4 rings (SSSR count). The molecule has 1 N–H and O–H groups in total. The van der Waals surface area contributed by atoms with Crippen LogP contribution in [0.2, 0.25) is 0 Å². The number of ether oxygens (including phenoxy) is 1. The molecule has 160 valence electrons. The summed E-state index contributed by atoms with van der Waals surface area (Å²) in [5.74, 6) is 0.813. The Morgan fingerprint density at radius 2 is 2.03 bits per heavy atom. The van der Waals surface area contributed by atoms with Crippen molar-refractivity contribution in [1.82, 2.24) is 10.2 Å². The van der Waals surface area contributed by atoms with Crippen LogP contribution in [0.1, 0.15) is 12.8 Å². The predicted octanol–water partition coefficient (Wildman–Crippen LogP) is 3.98. The Bertz CT molecular complexity index is 1060. The lowest BCUT2D eigenvalue weighted by Gasteiger charge is -2.31. The number of benzene rings is 1. The Hall–Kier alpha value is -3.53. The minimum Gasteiger partial charge on any atom is -0.495 e. The third kappa shape index (κ3) is 4.64. The molecule has 0 atom stereocenters. The van der Waals surface area contributed by atoms with Crippen molar-refractivity contribution in [2.45, 2.75) is 12.8 Å². The number of hydrogen-bond acceptors (Lipinski definition) is 8. The smallest absolute Gasteiger partial charge is 0.271 e. The summed E-state index contributed by atoms with van der Waals surface area (Å²) in [4.78, 5) is 26.5. The van der Waals surface area contributed by atoms with Gasteiger partial charge in [-0.25, -0.2) is 0 Å². The lowest BCUT2D eigenvalue weighted by atomic mass is 9.95. The van der Waals surface area contributed by atoms with Crippen LogP contribution in [0.5, 0.6) is 5.75 Å². The molecule has 0 saturated carbocycles. The molecule has 10 heteroatoms. The van der Waals surface area contributed by atoms with Crippen molar-refractivity contribution >= 4 is 34.4 Å². The van der Waals surface area contributed by atoms with E-state index in [4.69, 9.17) is 4.74 Å². The Morgan fingerprint density at radius 3 is 2.65 bits per heavy atom. The molecule has 3 aromatic rings. The van der Waals surface area contributed by atoms with E-state index in [2.05, 4.69) is 20.4 Å². The van der Waals surface area contributed by atoms with E-state index >= 15 is 0 Å². The fourth-order valence-corrected chi connectivity index (χ4v) is 4.25. The fraction of sp³-hybridized carbons (Fsp3) is 0.286. The normalized spacial score (nSPS) is 14.3. The van der Waals surface area contributed by atoms with Crippen LogP contribution in [0.3, 0.4) is 0 Å². The number of nitrogens with one attached hydrogen (secondary N) is 1. The van der Waals surface area contributed by atoms with Gasteiger partial charge in [-0.05, 0) is 42.5 Å². The Kier molecular flexibility index (Phi) is 6.08. The van der Waals surface area contributed by atoms with Crippen LogP contribution >= 0.6 is 11.3 Å². The van der Waals surface area contributed by atoms with Gasteiger partial charge in [0.15, 0.2) is 5.82 Å². The molecule has 0 bridgehead atoms. The molecule has 0 spiro atoms. The average molecular weight is 439 g/mol. The van der Waals surface area contributed by atoms with Crippen LogP contribution in [0.15, 0.2) is 47.8 Å². The number of methoxy groups -OCH3 is 1. The molecule has 31 heavy (non-hydrogen) atoms. The number of non-ortho nitro benzene ring substituents is 1. The molecule has 9 nitrogen and oxygen atoms in total. The number of carbonyl (C=O) groups is 1. The van der Waals surface area contributed by atoms with Gasteiger partial charge in [0.05, 0.1) is 22.6 Å². The first-order valence-electron chi connectivity index (χ1n) is 9.81. The first-order chi connectivity index (χ1) is 15.0. The van der Waals surface area contributed by atoms with E-state index in [1.807, 2.05) is 29.6 Å². The minimum absolute atomic E-state index is 0.101. The Balaban J connectivity index is 1.37. The molecule has 0 unspecified atom stereocenters. The van der Waals surface area contributed by atoms with Crippen LogP contribution in [0.4, 0.5) is 17.2 Å². The van der Waals surface area contributed by atoms with Crippen LogP contribution in [0, 0.1) is 16.0 Å². The molecule has 0 aliphatic carbocycles. The maximum atomic E-state index is 12.8. The number of piperidine rings is 1. The molecule has 1 aliphatic heterocycles. The molecule has 1 fully saturated rings. The van der Waals surface area contributed by atoms with E-state index < -0.39 is 4.92 Å². The van der Waals surface area contributed by atoms with Crippen molar-refractivity contribution in [2.75, 3.05) is 30.4 Å². The zero-order valence-electron chi connectivity index (χ0n) is 16.9. The van der Waals surface area contributed by atoms with Gasteiger partial charge in [0.1, 0.15) is 11.4 Å². The summed E-state index contributed by atoms with van der Waals surface area (Å²) in [6.07, 6.45) is 1.30. The second kappa shape index (κ2) is 9.09. The maximum Gasteiger partial charge on any atom is 0.271 e. The molecule has 3 heterocycles. The molecule has 1 aliphatic rings. The van der Waals surface area contributed by atoms with Crippen molar-refractivity contribution in [2.24, 2.45) is 5.92 Å². The molecule has 1 amide bonds. The van der Waals surface area contributed by atoms with E-state index in [-0.39, 0.29) is 17.5 Å². The van der Waals surface area contributed by atoms with Crippen molar-refractivity contribution in [3.05, 3.63) is 58.0 Å². The van der Waals surface area contributed by atoms with Gasteiger partial charge in [0.25, 0.3) is 5.69 Å². The quantitative estimate of drug-likeness (QED) is 0.457. The number of rotatable bonds is 6. The molecule has 1 saturated heterocycles. The van der Waals surface area contributed by atoms with Gasteiger partial charge in [-0.15, -0.1) is 21.5 Å². The lowest BCUT2D eigenvalue weighted by molar-refractivity contribution is -0.384. The summed E-state index contributed by atoms with van der Waals surface area (Å²) < 4.78 is 5.22. The highest BCUT2D eigenvalue weighted by atomic mass is 32.1. The van der Waals surface area contributed by atoms with Crippen LogP contribution in [0.25, 0.3) is 10.6 Å². The summed E-state index contributed by atoms with van der Waals surface area (Å²) in [6.45, 7) is 1.36. The van der Waals surface area contributed by atoms with Crippen molar-refractivity contribution in [3.63, 3.8) is 0 Å². The van der Waals surface area contributed by atoms with Crippen LogP contribution in [-0.4, -0.2) is 41.2 Å². The van der Waals surface area contributed by atoms with E-state index in [0.717, 1.165) is 16.4 Å². The van der Waals surface area contributed by atoms with E-state index in [1.54, 1.807) is 11.3 Å². The average Bonchev–Trinajstić information content (AvgIpc) is 3.34. The molecule has 0 radical (unpaired) electrons. The summed E-state index contributed by atoms with van der Waals surface area (Å²) >= 11 is 1.62. The number of nitro benzene ring substituents is 1. The number of thiophene rings is 1. The van der Waals surface area contributed by atoms with E-state index in [9.17, 15) is 14.9 Å². The Labute approximate surface area is 182 Å². The van der Waals surface area contributed by atoms with E-state index in [1.165, 1.54) is 25.3 Å². The second-order valence-corrected chi connectivity index (χ2v) is 8.09. The first-order valence-corrected chi connectivity index (χ1v) is 10.7. The highest BCUT2D eigenvalue weighted by molar-refractivity contribution is 7.13. The largest absolute Gasteiger partial charge is 0.495 e. The Morgan fingerprint density at radius 1 is 1.23 bits per heavy atom. The van der Waals surface area contributed by atoms with Gasteiger partial charge in [0, 0.05) is 31.1 Å². The molecular weight excluding hydrogens is 418 g/mol. The van der Waals surface area contributed by atoms with Crippen LogP contribution < -0.4 is 15.0 Å². The zero-order chi connectivity index (χ0) is 21.8. The van der Waals surface area contributed by atoms with Gasteiger partial charge in [-0.2, -0.15) is 0 Å². The number of nitro groups is 1. The number of nitrogens with zero attached hydrogens (tertiary/aromatic N) is 4. The van der Waals surface area contributed by atoms with Crippen LogP contribution in [-0.2, 0) is 4.79 Å². The highest BCUT2D eigenvalue weighted by Crippen LogP contribution is 2.31. The molecule has 1 aromatic carbocycles. The fourth-order valence-electron chi connectivity index (χ4n) is 3.56. The number of anilines is 2.